The summed E-state index contributed by atoms with van der Waals surface area (Å²) in [6.45, 7) is 8.23. The molecule has 4 rings (SSSR count). The van der Waals surface area contributed by atoms with Crippen molar-refractivity contribution in [1.82, 2.24) is 20.0 Å². The second-order valence-electron chi connectivity index (χ2n) is 6.67. The SMILES string of the molecule is CC(C)c1noc([C@@H](C)N2CCc3[nH]c4ccccc4c3C2)n1. The zero-order valence-corrected chi connectivity index (χ0v) is 13.8. The van der Waals surface area contributed by atoms with Crippen molar-refractivity contribution in [2.75, 3.05) is 6.54 Å². The van der Waals surface area contributed by atoms with E-state index in [0.29, 0.717) is 5.92 Å². The van der Waals surface area contributed by atoms with Gasteiger partial charge in [-0.05, 0) is 18.6 Å². The molecule has 23 heavy (non-hydrogen) atoms. The van der Waals surface area contributed by atoms with E-state index in [4.69, 9.17) is 4.52 Å². The van der Waals surface area contributed by atoms with Gasteiger partial charge in [-0.3, -0.25) is 4.90 Å². The normalized spacial score (nSPS) is 16.9. The van der Waals surface area contributed by atoms with Gasteiger partial charge in [-0.1, -0.05) is 37.2 Å². The number of aromatic nitrogens is 3. The van der Waals surface area contributed by atoms with Crippen molar-refractivity contribution in [3.8, 4) is 0 Å². The predicted octanol–water partition coefficient (Wildman–Crippen LogP) is 3.79. The summed E-state index contributed by atoms with van der Waals surface area (Å²) < 4.78 is 5.49. The van der Waals surface area contributed by atoms with Crippen molar-refractivity contribution >= 4 is 10.9 Å². The van der Waals surface area contributed by atoms with Crippen LogP contribution in [0.5, 0.6) is 0 Å². The number of nitrogens with one attached hydrogen (secondary N) is 1. The third-order valence-electron chi connectivity index (χ3n) is 4.79. The highest BCUT2D eigenvalue weighted by Crippen LogP contribution is 2.31. The molecule has 0 radical (unpaired) electrons. The van der Waals surface area contributed by atoms with Crippen molar-refractivity contribution in [1.29, 1.82) is 0 Å². The van der Waals surface area contributed by atoms with Crippen LogP contribution in [0.2, 0.25) is 0 Å². The molecular weight excluding hydrogens is 288 g/mol. The highest BCUT2D eigenvalue weighted by molar-refractivity contribution is 5.84. The van der Waals surface area contributed by atoms with E-state index >= 15 is 0 Å². The molecule has 3 heterocycles. The Morgan fingerprint density at radius 3 is 2.83 bits per heavy atom. The Bertz CT molecular complexity index is 833. The van der Waals surface area contributed by atoms with Gasteiger partial charge in [0.15, 0.2) is 5.82 Å². The molecule has 3 aromatic rings. The van der Waals surface area contributed by atoms with Gasteiger partial charge in [0.2, 0.25) is 5.89 Å². The van der Waals surface area contributed by atoms with Gasteiger partial charge in [-0.25, -0.2) is 0 Å². The lowest BCUT2D eigenvalue weighted by Gasteiger charge is -2.30. The molecule has 0 bridgehead atoms. The zero-order chi connectivity index (χ0) is 16.0. The van der Waals surface area contributed by atoms with Crippen LogP contribution >= 0.6 is 0 Å². The fraction of sp³-hybridized carbons (Fsp3) is 0.444. The first-order valence-electron chi connectivity index (χ1n) is 8.29. The topological polar surface area (TPSA) is 58.0 Å². The van der Waals surface area contributed by atoms with Gasteiger partial charge >= 0.3 is 0 Å². The molecule has 0 saturated carbocycles. The lowest BCUT2D eigenvalue weighted by molar-refractivity contribution is 0.158. The Morgan fingerprint density at radius 1 is 1.22 bits per heavy atom. The first-order valence-corrected chi connectivity index (χ1v) is 8.29. The molecule has 0 unspecified atom stereocenters. The van der Waals surface area contributed by atoms with Crippen LogP contribution in [0.3, 0.4) is 0 Å². The number of H-pyrrole nitrogens is 1. The van der Waals surface area contributed by atoms with Gasteiger partial charge in [0.25, 0.3) is 0 Å². The molecule has 0 saturated heterocycles. The molecule has 120 valence electrons. The number of rotatable bonds is 3. The number of para-hydroxylation sites is 1. The van der Waals surface area contributed by atoms with E-state index in [1.807, 2.05) is 0 Å². The monoisotopic (exact) mass is 310 g/mol. The fourth-order valence-electron chi connectivity index (χ4n) is 3.33. The molecule has 0 amide bonds. The molecule has 1 aliphatic rings. The maximum Gasteiger partial charge on any atom is 0.243 e. The fourth-order valence-corrected chi connectivity index (χ4v) is 3.33. The zero-order valence-electron chi connectivity index (χ0n) is 13.8. The summed E-state index contributed by atoms with van der Waals surface area (Å²) in [6.07, 6.45) is 1.03. The summed E-state index contributed by atoms with van der Waals surface area (Å²) in [5.74, 6) is 1.80. The summed E-state index contributed by atoms with van der Waals surface area (Å²) in [4.78, 5) is 10.5. The third kappa shape index (κ3) is 2.45. The first-order chi connectivity index (χ1) is 11.1. The summed E-state index contributed by atoms with van der Waals surface area (Å²) >= 11 is 0. The number of nitrogens with zero attached hydrogens (tertiary/aromatic N) is 3. The van der Waals surface area contributed by atoms with Gasteiger partial charge in [-0.2, -0.15) is 4.98 Å². The Balaban J connectivity index is 1.61. The maximum atomic E-state index is 5.49. The van der Waals surface area contributed by atoms with Crippen molar-refractivity contribution in [3.05, 3.63) is 47.2 Å². The van der Waals surface area contributed by atoms with Crippen LogP contribution in [0, 0.1) is 0 Å². The van der Waals surface area contributed by atoms with E-state index in [-0.39, 0.29) is 6.04 Å². The minimum Gasteiger partial charge on any atom is -0.358 e. The minimum atomic E-state index is 0.136. The van der Waals surface area contributed by atoms with Crippen LogP contribution in [-0.2, 0) is 13.0 Å². The Kier molecular flexibility index (Phi) is 3.45. The van der Waals surface area contributed by atoms with Crippen LogP contribution < -0.4 is 0 Å². The minimum absolute atomic E-state index is 0.136. The summed E-state index contributed by atoms with van der Waals surface area (Å²) in [6, 6.07) is 8.66. The highest BCUT2D eigenvalue weighted by atomic mass is 16.5. The Hall–Kier alpha value is -2.14. The second kappa shape index (κ2) is 5.49. The maximum absolute atomic E-state index is 5.49. The van der Waals surface area contributed by atoms with Gasteiger partial charge < -0.3 is 9.51 Å². The Labute approximate surface area is 135 Å². The van der Waals surface area contributed by atoms with Crippen LogP contribution in [0.25, 0.3) is 10.9 Å². The van der Waals surface area contributed by atoms with E-state index in [9.17, 15) is 0 Å². The lowest BCUT2D eigenvalue weighted by Crippen LogP contribution is -2.32. The van der Waals surface area contributed by atoms with Crippen molar-refractivity contribution in [2.24, 2.45) is 0 Å². The quantitative estimate of drug-likeness (QED) is 0.799. The predicted molar refractivity (Wildman–Crippen MR) is 89.2 cm³/mol. The summed E-state index contributed by atoms with van der Waals surface area (Å²) in [7, 11) is 0. The lowest BCUT2D eigenvalue weighted by atomic mass is 10.0. The van der Waals surface area contributed by atoms with Crippen molar-refractivity contribution < 1.29 is 4.52 Å². The number of hydrogen-bond acceptors (Lipinski definition) is 4. The average molecular weight is 310 g/mol. The van der Waals surface area contributed by atoms with E-state index in [2.05, 4.69) is 65.1 Å². The number of hydrogen-bond donors (Lipinski definition) is 1. The Morgan fingerprint density at radius 2 is 2.04 bits per heavy atom. The second-order valence-corrected chi connectivity index (χ2v) is 6.67. The molecule has 2 aromatic heterocycles. The van der Waals surface area contributed by atoms with Gasteiger partial charge in [0.1, 0.15) is 0 Å². The van der Waals surface area contributed by atoms with Crippen LogP contribution in [0.15, 0.2) is 28.8 Å². The molecule has 1 aliphatic heterocycles. The smallest absolute Gasteiger partial charge is 0.243 e. The third-order valence-corrected chi connectivity index (χ3v) is 4.79. The number of aromatic amines is 1. The first kappa shape index (κ1) is 14.5. The van der Waals surface area contributed by atoms with Crippen LogP contribution in [0.4, 0.5) is 0 Å². The van der Waals surface area contributed by atoms with Crippen LogP contribution in [0.1, 0.15) is 55.7 Å². The van der Waals surface area contributed by atoms with E-state index in [1.54, 1.807) is 0 Å². The molecule has 5 heteroatoms. The molecule has 1 atom stereocenters. The van der Waals surface area contributed by atoms with Crippen molar-refractivity contribution in [2.45, 2.75) is 45.7 Å². The number of fused-ring (bicyclic) bond motifs is 3. The van der Waals surface area contributed by atoms with E-state index < -0.39 is 0 Å². The van der Waals surface area contributed by atoms with Gasteiger partial charge in [-0.15, -0.1) is 0 Å². The molecular formula is C18H22N4O. The van der Waals surface area contributed by atoms with E-state index in [0.717, 1.165) is 31.2 Å². The van der Waals surface area contributed by atoms with Crippen LogP contribution in [-0.4, -0.2) is 26.6 Å². The standard InChI is InChI=1S/C18H22N4O/c1-11(2)17-20-18(23-21-17)12(3)22-9-8-16-14(10-22)13-6-4-5-7-15(13)19-16/h4-7,11-12,19H,8-10H2,1-3H3/t12-/m1/s1. The largest absolute Gasteiger partial charge is 0.358 e. The molecule has 0 fully saturated rings. The summed E-state index contributed by atoms with van der Waals surface area (Å²) in [5, 5.41) is 5.42. The van der Waals surface area contributed by atoms with Crippen molar-refractivity contribution in [3.63, 3.8) is 0 Å². The van der Waals surface area contributed by atoms with E-state index in [1.165, 1.54) is 22.2 Å². The number of benzene rings is 1. The molecule has 1 aromatic carbocycles. The summed E-state index contributed by atoms with van der Waals surface area (Å²) in [5.41, 5.74) is 4.00. The molecule has 0 aliphatic carbocycles. The highest BCUT2D eigenvalue weighted by Gasteiger charge is 2.27. The average Bonchev–Trinajstić information content (AvgIpc) is 3.18. The molecule has 0 spiro atoms. The molecule has 1 N–H and O–H groups in total. The molecule has 5 nitrogen and oxygen atoms in total. The van der Waals surface area contributed by atoms with Gasteiger partial charge in [0, 0.05) is 42.0 Å². The van der Waals surface area contributed by atoms with Gasteiger partial charge in [0.05, 0.1) is 6.04 Å².